The number of rotatable bonds is 4. The van der Waals surface area contributed by atoms with Gasteiger partial charge in [0.05, 0.1) is 6.61 Å². The van der Waals surface area contributed by atoms with Crippen LogP contribution in [-0.2, 0) is 11.3 Å². The van der Waals surface area contributed by atoms with Crippen molar-refractivity contribution in [2.75, 3.05) is 19.7 Å². The molecule has 1 aliphatic heterocycles. The van der Waals surface area contributed by atoms with Crippen molar-refractivity contribution in [2.24, 2.45) is 5.73 Å². The average molecular weight is 317 g/mol. The second kappa shape index (κ2) is 6.56. The van der Waals surface area contributed by atoms with E-state index in [4.69, 9.17) is 10.5 Å². The highest BCUT2D eigenvalue weighted by molar-refractivity contribution is 7.09. The fourth-order valence-corrected chi connectivity index (χ4v) is 3.38. The number of nitrogens with two attached hydrogens (primary N) is 1. The van der Waals surface area contributed by atoms with Crippen LogP contribution >= 0.6 is 11.3 Å². The van der Waals surface area contributed by atoms with E-state index in [1.54, 1.807) is 23.5 Å². The van der Waals surface area contributed by atoms with E-state index in [0.29, 0.717) is 12.2 Å². The van der Waals surface area contributed by atoms with Gasteiger partial charge in [-0.05, 0) is 24.6 Å². The molecular weight excluding hydrogens is 298 g/mol. The highest BCUT2D eigenvalue weighted by Gasteiger charge is 2.24. The first kappa shape index (κ1) is 15.1. The van der Waals surface area contributed by atoms with E-state index in [0.717, 1.165) is 30.3 Å². The highest BCUT2D eigenvalue weighted by atomic mass is 32.1. The van der Waals surface area contributed by atoms with E-state index < -0.39 is 5.91 Å². The van der Waals surface area contributed by atoms with Gasteiger partial charge < -0.3 is 10.5 Å². The third-order valence-corrected chi connectivity index (χ3v) is 4.76. The summed E-state index contributed by atoms with van der Waals surface area (Å²) in [5.74, 6) is -0.392. The molecule has 0 saturated carbocycles. The van der Waals surface area contributed by atoms with E-state index in [-0.39, 0.29) is 6.10 Å². The number of thiazole rings is 1. The van der Waals surface area contributed by atoms with Crippen LogP contribution in [0, 0.1) is 6.92 Å². The predicted octanol–water partition coefficient (Wildman–Crippen LogP) is 2.12. The standard InChI is InChI=1S/C16H19N3O2S/c1-11-10-22-16(18-11)14-9-19(6-7-21-14)8-12-2-4-13(5-3-12)15(17)20/h2-5,10,14H,6-9H2,1H3,(H2,17,20). The average Bonchev–Trinajstić information content (AvgIpc) is 2.95. The van der Waals surface area contributed by atoms with Gasteiger partial charge >= 0.3 is 0 Å². The van der Waals surface area contributed by atoms with E-state index in [1.165, 1.54) is 5.56 Å². The molecule has 1 aromatic carbocycles. The molecule has 3 rings (SSSR count). The summed E-state index contributed by atoms with van der Waals surface area (Å²) in [7, 11) is 0. The van der Waals surface area contributed by atoms with Crippen LogP contribution in [0.15, 0.2) is 29.6 Å². The van der Waals surface area contributed by atoms with Crippen LogP contribution in [0.3, 0.4) is 0 Å². The molecule has 1 amide bonds. The molecule has 5 nitrogen and oxygen atoms in total. The number of aromatic nitrogens is 1. The van der Waals surface area contributed by atoms with E-state index in [1.807, 2.05) is 19.1 Å². The number of nitrogens with zero attached hydrogens (tertiary/aromatic N) is 2. The van der Waals surface area contributed by atoms with Crippen LogP contribution in [-0.4, -0.2) is 35.5 Å². The van der Waals surface area contributed by atoms with Gasteiger partial charge in [-0.1, -0.05) is 12.1 Å². The highest BCUT2D eigenvalue weighted by Crippen LogP contribution is 2.26. The van der Waals surface area contributed by atoms with E-state index in [9.17, 15) is 4.79 Å². The molecule has 22 heavy (non-hydrogen) atoms. The molecule has 2 N–H and O–H groups in total. The normalized spacial score (nSPS) is 19.2. The fraction of sp³-hybridized carbons (Fsp3) is 0.375. The maximum atomic E-state index is 11.1. The Kier molecular flexibility index (Phi) is 4.52. The smallest absolute Gasteiger partial charge is 0.248 e. The molecule has 0 radical (unpaired) electrons. The summed E-state index contributed by atoms with van der Waals surface area (Å²) in [4.78, 5) is 18.0. The van der Waals surface area contributed by atoms with Gasteiger partial charge in [0.1, 0.15) is 11.1 Å². The Balaban J connectivity index is 1.63. The summed E-state index contributed by atoms with van der Waals surface area (Å²) in [6, 6.07) is 7.47. The van der Waals surface area contributed by atoms with Crippen molar-refractivity contribution in [1.29, 1.82) is 0 Å². The fourth-order valence-electron chi connectivity index (χ4n) is 2.55. The lowest BCUT2D eigenvalue weighted by Crippen LogP contribution is -2.37. The van der Waals surface area contributed by atoms with Crippen LogP contribution in [0.5, 0.6) is 0 Å². The molecule has 1 aliphatic rings. The van der Waals surface area contributed by atoms with Crippen LogP contribution < -0.4 is 5.73 Å². The molecule has 0 bridgehead atoms. The number of ether oxygens (including phenoxy) is 1. The van der Waals surface area contributed by atoms with Gasteiger partial charge in [-0.2, -0.15) is 0 Å². The minimum absolute atomic E-state index is 0.0531. The van der Waals surface area contributed by atoms with Gasteiger partial charge in [0.15, 0.2) is 0 Å². The number of morpholine rings is 1. The molecule has 2 heterocycles. The third-order valence-electron chi connectivity index (χ3n) is 3.71. The van der Waals surface area contributed by atoms with Crippen molar-refractivity contribution in [3.8, 4) is 0 Å². The van der Waals surface area contributed by atoms with Gasteiger partial charge in [0.2, 0.25) is 5.91 Å². The Morgan fingerprint density at radius 3 is 2.86 bits per heavy atom. The van der Waals surface area contributed by atoms with Crippen LogP contribution in [0.25, 0.3) is 0 Å². The van der Waals surface area contributed by atoms with Crippen molar-refractivity contribution in [1.82, 2.24) is 9.88 Å². The topological polar surface area (TPSA) is 68.5 Å². The summed E-state index contributed by atoms with van der Waals surface area (Å²) in [6.45, 7) is 5.29. The van der Waals surface area contributed by atoms with E-state index >= 15 is 0 Å². The van der Waals surface area contributed by atoms with Gasteiger partial charge in [-0.15, -0.1) is 11.3 Å². The lowest BCUT2D eigenvalue weighted by Gasteiger charge is -2.32. The van der Waals surface area contributed by atoms with Crippen molar-refractivity contribution in [3.05, 3.63) is 51.5 Å². The van der Waals surface area contributed by atoms with Crippen molar-refractivity contribution < 1.29 is 9.53 Å². The maximum Gasteiger partial charge on any atom is 0.248 e. The molecule has 1 aromatic heterocycles. The molecule has 116 valence electrons. The summed E-state index contributed by atoms with van der Waals surface area (Å²) >= 11 is 1.66. The molecule has 1 atom stereocenters. The number of carbonyl (C=O) groups is 1. The lowest BCUT2D eigenvalue weighted by atomic mass is 10.1. The molecule has 0 spiro atoms. The third kappa shape index (κ3) is 3.52. The molecule has 1 unspecified atom stereocenters. The molecule has 2 aromatic rings. The number of hydrogen-bond donors (Lipinski definition) is 1. The SMILES string of the molecule is Cc1csc(C2CN(Cc3ccc(C(N)=O)cc3)CCO2)n1. The quantitative estimate of drug-likeness (QED) is 0.938. The Labute approximate surface area is 133 Å². The minimum atomic E-state index is -0.392. The first-order chi connectivity index (χ1) is 10.6. The molecule has 6 heteroatoms. The van der Waals surface area contributed by atoms with Gasteiger partial charge in [0.25, 0.3) is 0 Å². The lowest BCUT2D eigenvalue weighted by molar-refractivity contribution is -0.0330. The van der Waals surface area contributed by atoms with Gasteiger partial charge in [-0.25, -0.2) is 4.98 Å². The first-order valence-electron chi connectivity index (χ1n) is 7.26. The first-order valence-corrected chi connectivity index (χ1v) is 8.14. The molecule has 1 fully saturated rings. The second-order valence-electron chi connectivity index (χ2n) is 5.48. The second-order valence-corrected chi connectivity index (χ2v) is 6.37. The Morgan fingerprint density at radius 2 is 2.23 bits per heavy atom. The predicted molar refractivity (Wildman–Crippen MR) is 85.8 cm³/mol. The zero-order chi connectivity index (χ0) is 15.5. The zero-order valence-electron chi connectivity index (χ0n) is 12.5. The van der Waals surface area contributed by atoms with Crippen molar-refractivity contribution in [3.63, 3.8) is 0 Å². The van der Waals surface area contributed by atoms with Crippen LogP contribution in [0.2, 0.25) is 0 Å². The summed E-state index contributed by atoms with van der Waals surface area (Å²) in [5.41, 5.74) is 8.02. The zero-order valence-corrected chi connectivity index (χ0v) is 13.3. The van der Waals surface area contributed by atoms with Crippen molar-refractivity contribution in [2.45, 2.75) is 19.6 Å². The van der Waals surface area contributed by atoms with E-state index in [2.05, 4.69) is 15.3 Å². The molecule has 0 aliphatic carbocycles. The Morgan fingerprint density at radius 1 is 1.45 bits per heavy atom. The maximum absolute atomic E-state index is 11.1. The number of carbonyl (C=O) groups excluding carboxylic acids is 1. The molecular formula is C16H19N3O2S. The Hall–Kier alpha value is -1.76. The number of aryl methyl sites for hydroxylation is 1. The largest absolute Gasteiger partial charge is 0.368 e. The number of primary amides is 1. The number of amides is 1. The summed E-state index contributed by atoms with van der Waals surface area (Å²) in [6.07, 6.45) is 0.0531. The summed E-state index contributed by atoms with van der Waals surface area (Å²) < 4.78 is 5.84. The minimum Gasteiger partial charge on any atom is -0.368 e. The van der Waals surface area contributed by atoms with Gasteiger partial charge in [-0.3, -0.25) is 9.69 Å². The van der Waals surface area contributed by atoms with Gasteiger partial charge in [0, 0.05) is 36.3 Å². The van der Waals surface area contributed by atoms with Crippen molar-refractivity contribution >= 4 is 17.2 Å². The van der Waals surface area contributed by atoms with Crippen LogP contribution in [0.1, 0.15) is 32.7 Å². The number of benzene rings is 1. The number of hydrogen-bond acceptors (Lipinski definition) is 5. The molecule has 1 saturated heterocycles. The monoisotopic (exact) mass is 317 g/mol. The summed E-state index contributed by atoms with van der Waals surface area (Å²) in [5, 5.41) is 3.10. The Bertz CT molecular complexity index is 654. The van der Waals surface area contributed by atoms with Crippen LogP contribution in [0.4, 0.5) is 0 Å².